The average molecular weight is 310 g/mol. The van der Waals surface area contributed by atoms with Gasteiger partial charge in [0, 0.05) is 6.04 Å². The molecule has 0 fully saturated rings. The van der Waals surface area contributed by atoms with E-state index in [2.05, 4.69) is 46.4 Å². The number of unbranched alkanes of at least 4 members (excludes halogenated alkanes) is 1. The van der Waals surface area contributed by atoms with Crippen molar-refractivity contribution in [1.82, 2.24) is 5.43 Å². The molecule has 3 N–H and O–H groups in total. The Morgan fingerprint density at radius 2 is 2.46 bits per heavy atom. The van der Waals surface area contributed by atoms with Crippen molar-refractivity contribution in [1.29, 1.82) is 0 Å². The van der Waals surface area contributed by atoms with Gasteiger partial charge < -0.3 is 0 Å². The summed E-state index contributed by atoms with van der Waals surface area (Å²) in [6.45, 7) is 2.20. The van der Waals surface area contributed by atoms with Gasteiger partial charge in [-0.3, -0.25) is 11.3 Å². The predicted octanol–water partition coefficient (Wildman–Crippen LogP) is 3.05. The topological polar surface area (TPSA) is 38.0 Å². The Kier molecular flexibility index (Phi) is 5.23. The lowest BCUT2D eigenvalue weighted by Crippen LogP contribution is -2.27. The van der Waals surface area contributed by atoms with Crippen molar-refractivity contribution in [2.24, 2.45) is 5.84 Å². The predicted molar refractivity (Wildman–Crippen MR) is 66.6 cm³/mol. The van der Waals surface area contributed by atoms with E-state index >= 15 is 0 Å². The van der Waals surface area contributed by atoms with E-state index in [-0.39, 0.29) is 0 Å². The molecule has 0 saturated heterocycles. The van der Waals surface area contributed by atoms with Crippen molar-refractivity contribution < 1.29 is 0 Å². The second-order valence-corrected chi connectivity index (χ2v) is 5.85. The maximum atomic E-state index is 5.51. The largest absolute Gasteiger partial charge is 0.271 e. The van der Waals surface area contributed by atoms with Crippen LogP contribution in [0.3, 0.4) is 0 Å². The summed E-state index contributed by atoms with van der Waals surface area (Å²) < 4.78 is 1.32. The molecule has 74 valence electrons. The van der Waals surface area contributed by atoms with Crippen LogP contribution in [0.15, 0.2) is 11.4 Å². The van der Waals surface area contributed by atoms with E-state index in [4.69, 9.17) is 5.84 Å². The minimum absolute atomic E-state index is 0.333. The van der Waals surface area contributed by atoms with Gasteiger partial charge in [0.15, 0.2) is 0 Å². The zero-order valence-corrected chi connectivity index (χ0v) is 10.7. The first kappa shape index (κ1) is 11.4. The fraction of sp³-hybridized carbons (Fsp3) is 0.556. The molecular weight excluding hydrogens is 295 g/mol. The van der Waals surface area contributed by atoms with Crippen LogP contribution in [0.25, 0.3) is 0 Å². The van der Waals surface area contributed by atoms with Crippen LogP contribution in [-0.4, -0.2) is 0 Å². The second kappa shape index (κ2) is 5.95. The van der Waals surface area contributed by atoms with E-state index in [0.29, 0.717) is 6.04 Å². The fourth-order valence-electron chi connectivity index (χ4n) is 1.26. The molecule has 2 nitrogen and oxygen atoms in total. The van der Waals surface area contributed by atoms with Gasteiger partial charge >= 0.3 is 0 Å². The Hall–Kier alpha value is 0.350. The van der Waals surface area contributed by atoms with Crippen LogP contribution in [0.1, 0.15) is 37.8 Å². The van der Waals surface area contributed by atoms with Crippen LogP contribution in [0, 0.1) is 2.88 Å². The lowest BCUT2D eigenvalue weighted by atomic mass is 10.1. The van der Waals surface area contributed by atoms with E-state index in [1.165, 1.54) is 21.3 Å². The molecule has 0 bridgehead atoms. The molecule has 1 rings (SSSR count). The van der Waals surface area contributed by atoms with Crippen LogP contribution >= 0.6 is 33.9 Å². The molecule has 0 amide bonds. The quantitative estimate of drug-likeness (QED) is 0.498. The Morgan fingerprint density at radius 1 is 1.69 bits per heavy atom. The van der Waals surface area contributed by atoms with Gasteiger partial charge in [-0.25, -0.2) is 0 Å². The molecule has 0 aromatic carbocycles. The molecule has 1 unspecified atom stereocenters. The van der Waals surface area contributed by atoms with Gasteiger partial charge in [0.1, 0.15) is 0 Å². The van der Waals surface area contributed by atoms with Crippen molar-refractivity contribution >= 4 is 33.9 Å². The van der Waals surface area contributed by atoms with Gasteiger partial charge in [-0.1, -0.05) is 19.8 Å². The summed E-state index contributed by atoms with van der Waals surface area (Å²) in [6.07, 6.45) is 3.57. The third-order valence-electron chi connectivity index (χ3n) is 2.04. The first-order valence-electron chi connectivity index (χ1n) is 4.48. The third-order valence-corrected chi connectivity index (χ3v) is 3.84. The summed E-state index contributed by atoms with van der Waals surface area (Å²) in [4.78, 5) is 0. The zero-order valence-electron chi connectivity index (χ0n) is 7.72. The summed E-state index contributed by atoms with van der Waals surface area (Å²) in [5, 5.41) is 2.18. The molecular formula is C9H15IN2S. The number of hydrazine groups is 1. The maximum Gasteiger partial charge on any atom is 0.0656 e. The number of halogens is 1. The van der Waals surface area contributed by atoms with Crippen molar-refractivity contribution in [3.05, 3.63) is 19.9 Å². The first-order valence-corrected chi connectivity index (χ1v) is 6.43. The Labute approximate surface area is 97.0 Å². The molecule has 0 radical (unpaired) electrons. The van der Waals surface area contributed by atoms with Gasteiger partial charge in [-0.15, -0.1) is 11.3 Å². The van der Waals surface area contributed by atoms with E-state index in [9.17, 15) is 0 Å². The molecule has 0 aliphatic heterocycles. The minimum atomic E-state index is 0.333. The van der Waals surface area contributed by atoms with Crippen LogP contribution in [0.5, 0.6) is 0 Å². The fourth-order valence-corrected chi connectivity index (χ4v) is 2.69. The lowest BCUT2D eigenvalue weighted by Gasteiger charge is -2.13. The number of hydrogen-bond donors (Lipinski definition) is 2. The molecule has 4 heteroatoms. The van der Waals surface area contributed by atoms with E-state index in [1.54, 1.807) is 11.3 Å². The normalized spacial score (nSPS) is 13.2. The number of thiophene rings is 1. The van der Waals surface area contributed by atoms with Crippen molar-refractivity contribution in [3.63, 3.8) is 0 Å². The first-order chi connectivity index (χ1) is 6.27. The average Bonchev–Trinajstić information content (AvgIpc) is 2.54. The molecule has 1 aromatic heterocycles. The van der Waals surface area contributed by atoms with Crippen LogP contribution in [-0.2, 0) is 0 Å². The summed E-state index contributed by atoms with van der Waals surface area (Å²) in [5.41, 5.74) is 4.19. The molecule has 0 aliphatic rings. The highest BCUT2D eigenvalue weighted by atomic mass is 127. The second-order valence-electron chi connectivity index (χ2n) is 3.05. The Morgan fingerprint density at radius 3 is 2.92 bits per heavy atom. The number of rotatable bonds is 5. The third kappa shape index (κ3) is 3.53. The molecule has 0 saturated carbocycles. The number of nitrogens with one attached hydrogen (secondary N) is 1. The Balaban J connectivity index is 2.56. The lowest BCUT2D eigenvalue weighted by molar-refractivity contribution is 0.496. The van der Waals surface area contributed by atoms with Crippen molar-refractivity contribution in [3.8, 4) is 0 Å². The smallest absolute Gasteiger partial charge is 0.0656 e. The monoisotopic (exact) mass is 310 g/mol. The van der Waals surface area contributed by atoms with E-state index < -0.39 is 0 Å². The SMILES string of the molecule is CCCCC(NN)c1csc(I)c1. The van der Waals surface area contributed by atoms with Crippen LogP contribution in [0.2, 0.25) is 0 Å². The zero-order chi connectivity index (χ0) is 9.68. The van der Waals surface area contributed by atoms with Gasteiger partial charge in [0.2, 0.25) is 0 Å². The molecule has 0 spiro atoms. The maximum absolute atomic E-state index is 5.51. The van der Waals surface area contributed by atoms with Crippen LogP contribution < -0.4 is 11.3 Å². The molecule has 0 aliphatic carbocycles. The summed E-state index contributed by atoms with van der Waals surface area (Å²) in [6, 6.07) is 2.53. The van der Waals surface area contributed by atoms with Crippen LogP contribution in [0.4, 0.5) is 0 Å². The van der Waals surface area contributed by atoms with Crippen molar-refractivity contribution in [2.45, 2.75) is 32.2 Å². The number of nitrogens with two attached hydrogens (primary N) is 1. The molecule has 13 heavy (non-hydrogen) atoms. The summed E-state index contributed by atoms with van der Waals surface area (Å²) in [5.74, 6) is 5.51. The summed E-state index contributed by atoms with van der Waals surface area (Å²) >= 11 is 4.11. The number of hydrogen-bond acceptors (Lipinski definition) is 3. The molecule has 1 atom stereocenters. The molecule has 1 heterocycles. The van der Waals surface area contributed by atoms with E-state index in [0.717, 1.165) is 6.42 Å². The standard InChI is InChI=1S/C9H15IN2S/c1-2-3-4-8(12-11)7-5-9(10)13-6-7/h5-6,8,12H,2-4,11H2,1H3. The van der Waals surface area contributed by atoms with E-state index in [1.807, 2.05) is 0 Å². The highest BCUT2D eigenvalue weighted by molar-refractivity contribution is 14.1. The minimum Gasteiger partial charge on any atom is -0.271 e. The van der Waals surface area contributed by atoms with Gasteiger partial charge in [0.25, 0.3) is 0 Å². The van der Waals surface area contributed by atoms with Gasteiger partial charge in [-0.05, 0) is 46.0 Å². The van der Waals surface area contributed by atoms with Gasteiger partial charge in [-0.2, -0.15) is 0 Å². The Bertz CT molecular complexity index is 250. The van der Waals surface area contributed by atoms with Gasteiger partial charge in [0.05, 0.1) is 2.88 Å². The molecule has 1 aromatic rings. The highest BCUT2D eigenvalue weighted by Gasteiger charge is 2.09. The van der Waals surface area contributed by atoms with Crippen molar-refractivity contribution in [2.75, 3.05) is 0 Å². The summed E-state index contributed by atoms with van der Waals surface area (Å²) in [7, 11) is 0. The highest BCUT2D eigenvalue weighted by Crippen LogP contribution is 2.25.